The number of likely N-dealkylation sites (tertiary alicyclic amines) is 1. The summed E-state index contributed by atoms with van der Waals surface area (Å²) in [5.74, 6) is 2.17. The van der Waals surface area contributed by atoms with Crippen molar-refractivity contribution in [2.75, 3.05) is 60.5 Å². The zero-order valence-corrected chi connectivity index (χ0v) is 23.0. The molecule has 2 heterocycles. The Hall–Kier alpha value is -1.42. The molecule has 1 unspecified atom stereocenters. The second kappa shape index (κ2) is 11.4. The van der Waals surface area contributed by atoms with Gasteiger partial charge in [0.2, 0.25) is 0 Å². The number of rotatable bonds is 14. The Balaban J connectivity index is 1.50. The summed E-state index contributed by atoms with van der Waals surface area (Å²) < 4.78 is 35.2. The van der Waals surface area contributed by atoms with E-state index in [4.69, 9.17) is 28.4 Å². The summed E-state index contributed by atoms with van der Waals surface area (Å²) in [5.41, 5.74) is 0.835. The van der Waals surface area contributed by atoms with Crippen LogP contribution in [0.15, 0.2) is 12.1 Å². The van der Waals surface area contributed by atoms with Crippen LogP contribution >= 0.6 is 0 Å². The summed E-state index contributed by atoms with van der Waals surface area (Å²) in [5, 5.41) is 12.5. The highest BCUT2D eigenvalue weighted by atomic mass is 16.7. The van der Waals surface area contributed by atoms with Gasteiger partial charge in [0.1, 0.15) is 6.10 Å². The first-order valence-electron chi connectivity index (χ1n) is 14.1. The molecule has 2 aliphatic heterocycles. The number of piperidine rings is 1. The predicted molar refractivity (Wildman–Crippen MR) is 139 cm³/mol. The molecule has 1 aromatic rings. The van der Waals surface area contributed by atoms with E-state index in [0.29, 0.717) is 32.2 Å². The van der Waals surface area contributed by atoms with Gasteiger partial charge in [-0.25, -0.2) is 0 Å². The van der Waals surface area contributed by atoms with Crippen LogP contribution < -0.4 is 9.47 Å². The van der Waals surface area contributed by atoms with Crippen LogP contribution in [-0.2, 0) is 30.8 Å². The lowest BCUT2D eigenvalue weighted by molar-refractivity contribution is -0.179. The molecule has 208 valence electrons. The Morgan fingerprint density at radius 3 is 2.62 bits per heavy atom. The van der Waals surface area contributed by atoms with E-state index in [1.54, 1.807) is 14.2 Å². The summed E-state index contributed by atoms with van der Waals surface area (Å²) in [6, 6.07) is 4.22. The number of benzene rings is 1. The fourth-order valence-electron chi connectivity index (χ4n) is 7.22. The first-order valence-corrected chi connectivity index (χ1v) is 14.1. The Kier molecular flexibility index (Phi) is 8.34. The molecule has 1 aromatic carbocycles. The van der Waals surface area contributed by atoms with Gasteiger partial charge in [-0.3, -0.25) is 4.90 Å². The van der Waals surface area contributed by atoms with Gasteiger partial charge in [-0.05, 0) is 63.1 Å². The first-order chi connectivity index (χ1) is 18.0. The molecule has 1 spiro atoms. The van der Waals surface area contributed by atoms with Gasteiger partial charge in [-0.1, -0.05) is 19.4 Å². The normalized spacial score (nSPS) is 31.5. The average molecular weight is 520 g/mol. The molecule has 5 rings (SSSR count). The van der Waals surface area contributed by atoms with Crippen LogP contribution in [0.3, 0.4) is 0 Å². The van der Waals surface area contributed by atoms with Gasteiger partial charge in [-0.2, -0.15) is 0 Å². The number of ether oxygens (including phenoxy) is 6. The fourth-order valence-corrected chi connectivity index (χ4v) is 7.22. The van der Waals surface area contributed by atoms with Crippen molar-refractivity contribution in [3.05, 3.63) is 23.3 Å². The third kappa shape index (κ3) is 4.68. The Labute approximate surface area is 221 Å². The molecule has 1 saturated carbocycles. The number of hydrogen-bond acceptors (Lipinski definition) is 8. The maximum Gasteiger partial charge on any atom is 0.189 e. The Morgan fingerprint density at radius 1 is 1.14 bits per heavy atom. The molecule has 37 heavy (non-hydrogen) atoms. The van der Waals surface area contributed by atoms with Gasteiger partial charge in [-0.15, -0.1) is 0 Å². The molecule has 0 amide bonds. The summed E-state index contributed by atoms with van der Waals surface area (Å²) in [7, 11) is 3.33. The van der Waals surface area contributed by atoms with Crippen molar-refractivity contribution in [3.63, 3.8) is 0 Å². The van der Waals surface area contributed by atoms with Crippen LogP contribution in [0.5, 0.6) is 11.5 Å². The van der Waals surface area contributed by atoms with Crippen LogP contribution in [0, 0.1) is 5.92 Å². The summed E-state index contributed by atoms with van der Waals surface area (Å²) in [4.78, 5) is 2.56. The molecule has 2 aliphatic carbocycles. The minimum absolute atomic E-state index is 0.0482. The maximum absolute atomic E-state index is 12.5. The highest BCUT2D eigenvalue weighted by Crippen LogP contribution is 2.63. The Bertz CT molecular complexity index is 920. The lowest BCUT2D eigenvalue weighted by Crippen LogP contribution is -2.74. The second-order valence-corrected chi connectivity index (χ2v) is 11.3. The largest absolute Gasteiger partial charge is 0.482 e. The van der Waals surface area contributed by atoms with Gasteiger partial charge in [0, 0.05) is 32.4 Å². The third-order valence-electron chi connectivity index (χ3n) is 9.39. The van der Waals surface area contributed by atoms with Crippen molar-refractivity contribution in [1.82, 2.24) is 4.90 Å². The molecule has 4 aliphatic rings. The maximum atomic E-state index is 12.5. The number of methoxy groups -OCH3 is 2. The van der Waals surface area contributed by atoms with Crippen molar-refractivity contribution in [3.8, 4) is 11.5 Å². The lowest BCUT2D eigenvalue weighted by Gasteiger charge is -2.61. The predicted octanol–water partition coefficient (Wildman–Crippen LogP) is 3.31. The van der Waals surface area contributed by atoms with E-state index in [0.717, 1.165) is 49.6 Å². The molecule has 8 heteroatoms. The SMILES string of the molecule is CCC(OCCOC)[C@@H]1Oc2c(OCOCCOC)ccc3c2[C@@]12CCN(CC1CCC1)[C@H](C3)[C@@]2(C)O. The van der Waals surface area contributed by atoms with E-state index in [2.05, 4.69) is 17.9 Å². The van der Waals surface area contributed by atoms with Gasteiger partial charge in [0.25, 0.3) is 0 Å². The number of aliphatic hydroxyl groups is 1. The summed E-state index contributed by atoms with van der Waals surface area (Å²) >= 11 is 0. The molecular weight excluding hydrogens is 474 g/mol. The molecule has 2 fully saturated rings. The van der Waals surface area contributed by atoms with E-state index >= 15 is 0 Å². The van der Waals surface area contributed by atoms with E-state index < -0.39 is 11.0 Å². The smallest absolute Gasteiger partial charge is 0.189 e. The number of nitrogens with zero attached hydrogens (tertiary/aromatic N) is 1. The monoisotopic (exact) mass is 519 g/mol. The number of fused-ring (bicyclic) bond motifs is 1. The van der Waals surface area contributed by atoms with E-state index in [-0.39, 0.29) is 25.0 Å². The van der Waals surface area contributed by atoms with E-state index in [9.17, 15) is 5.11 Å². The average Bonchev–Trinajstić information content (AvgIpc) is 3.20. The van der Waals surface area contributed by atoms with Crippen molar-refractivity contribution >= 4 is 0 Å². The van der Waals surface area contributed by atoms with E-state index in [1.165, 1.54) is 24.8 Å². The molecule has 0 radical (unpaired) electrons. The highest BCUT2D eigenvalue weighted by molar-refractivity contribution is 5.62. The van der Waals surface area contributed by atoms with Crippen molar-refractivity contribution in [2.45, 2.75) is 81.6 Å². The Morgan fingerprint density at radius 2 is 1.92 bits per heavy atom. The van der Waals surface area contributed by atoms with Crippen molar-refractivity contribution < 1.29 is 33.5 Å². The van der Waals surface area contributed by atoms with Gasteiger partial charge >= 0.3 is 0 Å². The number of hydrogen-bond donors (Lipinski definition) is 1. The highest BCUT2D eigenvalue weighted by Gasteiger charge is 2.69. The second-order valence-electron chi connectivity index (χ2n) is 11.3. The lowest BCUT2D eigenvalue weighted by atomic mass is 9.52. The zero-order chi connectivity index (χ0) is 26.0. The van der Waals surface area contributed by atoms with Crippen LogP contribution in [0.2, 0.25) is 0 Å². The van der Waals surface area contributed by atoms with E-state index in [1.807, 2.05) is 13.0 Å². The minimum Gasteiger partial charge on any atom is -0.482 e. The molecule has 5 atom stereocenters. The van der Waals surface area contributed by atoms with Gasteiger partial charge < -0.3 is 33.5 Å². The quantitative estimate of drug-likeness (QED) is 0.296. The topological polar surface area (TPSA) is 78.9 Å². The summed E-state index contributed by atoms with van der Waals surface area (Å²) in [6.07, 6.45) is 5.87. The van der Waals surface area contributed by atoms with Crippen LogP contribution in [0.4, 0.5) is 0 Å². The van der Waals surface area contributed by atoms with Gasteiger partial charge in [0.15, 0.2) is 18.3 Å². The summed E-state index contributed by atoms with van der Waals surface area (Å²) in [6.45, 7) is 8.31. The molecular formula is C29H45NO7. The first kappa shape index (κ1) is 27.2. The van der Waals surface area contributed by atoms with Crippen LogP contribution in [0.25, 0.3) is 0 Å². The van der Waals surface area contributed by atoms with Crippen molar-refractivity contribution in [2.24, 2.45) is 5.92 Å². The van der Waals surface area contributed by atoms with Crippen molar-refractivity contribution in [1.29, 1.82) is 0 Å². The minimum atomic E-state index is -0.969. The molecule has 8 nitrogen and oxygen atoms in total. The molecule has 1 N–H and O–H groups in total. The zero-order valence-electron chi connectivity index (χ0n) is 23.0. The molecule has 0 aromatic heterocycles. The third-order valence-corrected chi connectivity index (χ3v) is 9.39. The van der Waals surface area contributed by atoms with Crippen LogP contribution in [-0.4, -0.2) is 94.4 Å². The molecule has 1 saturated heterocycles. The van der Waals surface area contributed by atoms with Crippen LogP contribution in [0.1, 0.15) is 57.1 Å². The molecule has 2 bridgehead atoms. The fraction of sp³-hybridized carbons (Fsp3) is 0.793. The van der Waals surface area contributed by atoms with Gasteiger partial charge in [0.05, 0.1) is 43.5 Å². The standard InChI is InChI=1S/C29H45NO7/c1-5-22(35-16-14-33-4)27-29-11-12-30(18-20-7-6-8-20)24(28(29,2)31)17-21-9-10-23(26(37-27)25(21)29)36-19-34-15-13-32-3/h9-10,20,22,24,27,31H,5-8,11-19H2,1-4H3/t22?,24-,27+,28-,29+/m1/s1.